The van der Waals surface area contributed by atoms with E-state index in [2.05, 4.69) is 4.74 Å². The molecule has 6 nitrogen and oxygen atoms in total. The van der Waals surface area contributed by atoms with Gasteiger partial charge in [0, 0.05) is 0 Å². The number of primary amides is 1. The molecule has 0 aliphatic heterocycles. The van der Waals surface area contributed by atoms with Gasteiger partial charge < -0.3 is 15.2 Å². The molecule has 0 fully saturated rings. The van der Waals surface area contributed by atoms with Crippen LogP contribution in [0.2, 0.25) is 0 Å². The average Bonchev–Trinajstić information content (AvgIpc) is 2.43. The van der Waals surface area contributed by atoms with Crippen molar-refractivity contribution in [1.29, 1.82) is 0 Å². The molecule has 0 unspecified atom stereocenters. The van der Waals surface area contributed by atoms with Crippen molar-refractivity contribution in [2.24, 2.45) is 11.1 Å². The van der Waals surface area contributed by atoms with Crippen molar-refractivity contribution in [2.45, 2.75) is 20.0 Å². The lowest BCUT2D eigenvalue weighted by molar-refractivity contribution is -0.161. The number of methoxy groups -OCH3 is 1. The number of esters is 2. The quantitative estimate of drug-likeness (QED) is 0.808. The smallest absolute Gasteiger partial charge is 0.338 e. The minimum absolute atomic E-state index is 0.263. The highest BCUT2D eigenvalue weighted by atomic mass is 16.6. The van der Waals surface area contributed by atoms with Crippen LogP contribution in [0.25, 0.3) is 0 Å². The molecular weight excluding hydrogens is 262 g/mol. The number of hydrogen-bond acceptors (Lipinski definition) is 5. The second kappa shape index (κ2) is 6.18. The standard InChI is InChI=1S/C14H17NO5/c1-14(2,13(18)19-3)10(11(15)16)20-12(17)9-7-5-4-6-8-9/h4-8,10H,1-3H3,(H2,15,16)/t10-/m0/s1. The summed E-state index contributed by atoms with van der Waals surface area (Å²) in [6.07, 6.45) is -1.41. The van der Waals surface area contributed by atoms with Gasteiger partial charge in [0.05, 0.1) is 12.7 Å². The minimum Gasteiger partial charge on any atom is -0.468 e. The molecule has 1 atom stereocenters. The Balaban J connectivity index is 2.97. The fourth-order valence-electron chi connectivity index (χ4n) is 1.68. The van der Waals surface area contributed by atoms with Crippen LogP contribution in [0.5, 0.6) is 0 Å². The van der Waals surface area contributed by atoms with Crippen molar-refractivity contribution in [3.63, 3.8) is 0 Å². The Morgan fingerprint density at radius 1 is 1.15 bits per heavy atom. The van der Waals surface area contributed by atoms with Gasteiger partial charge in [0.2, 0.25) is 0 Å². The molecule has 1 aromatic carbocycles. The Bertz CT molecular complexity index is 510. The number of carbonyl (C=O) groups is 3. The van der Waals surface area contributed by atoms with Gasteiger partial charge in [-0.1, -0.05) is 18.2 Å². The zero-order valence-electron chi connectivity index (χ0n) is 11.6. The summed E-state index contributed by atoms with van der Waals surface area (Å²) in [5.41, 5.74) is 4.11. The highest BCUT2D eigenvalue weighted by Gasteiger charge is 2.44. The van der Waals surface area contributed by atoms with Gasteiger partial charge in [-0.25, -0.2) is 4.79 Å². The maximum atomic E-state index is 11.9. The molecule has 0 saturated carbocycles. The first-order chi connectivity index (χ1) is 9.30. The molecule has 0 spiro atoms. The first-order valence-corrected chi connectivity index (χ1v) is 5.94. The van der Waals surface area contributed by atoms with Crippen LogP contribution in [-0.2, 0) is 19.1 Å². The van der Waals surface area contributed by atoms with E-state index in [1.807, 2.05) is 0 Å². The summed E-state index contributed by atoms with van der Waals surface area (Å²) in [6.45, 7) is 2.85. The van der Waals surface area contributed by atoms with Crippen molar-refractivity contribution < 1.29 is 23.9 Å². The van der Waals surface area contributed by atoms with Crippen LogP contribution in [0.4, 0.5) is 0 Å². The summed E-state index contributed by atoms with van der Waals surface area (Å²) in [6, 6.07) is 8.11. The summed E-state index contributed by atoms with van der Waals surface area (Å²) in [5, 5.41) is 0. The third-order valence-corrected chi connectivity index (χ3v) is 2.86. The maximum Gasteiger partial charge on any atom is 0.338 e. The highest BCUT2D eigenvalue weighted by molar-refractivity contribution is 5.94. The van der Waals surface area contributed by atoms with Crippen LogP contribution < -0.4 is 5.73 Å². The van der Waals surface area contributed by atoms with Crippen LogP contribution in [0.3, 0.4) is 0 Å². The Kier molecular flexibility index (Phi) is 4.85. The van der Waals surface area contributed by atoms with Gasteiger partial charge in [-0.2, -0.15) is 0 Å². The van der Waals surface area contributed by atoms with E-state index in [0.717, 1.165) is 0 Å². The third kappa shape index (κ3) is 3.34. The number of hydrogen-bond donors (Lipinski definition) is 1. The Hall–Kier alpha value is -2.37. The van der Waals surface area contributed by atoms with E-state index in [9.17, 15) is 14.4 Å². The average molecular weight is 279 g/mol. The molecule has 1 amide bonds. The Morgan fingerprint density at radius 2 is 1.70 bits per heavy atom. The summed E-state index contributed by atoms with van der Waals surface area (Å²) in [5.74, 6) is -2.33. The molecule has 6 heteroatoms. The molecular formula is C14H17NO5. The minimum atomic E-state index is -1.41. The lowest BCUT2D eigenvalue weighted by Crippen LogP contribution is -2.48. The number of nitrogens with two attached hydrogens (primary N) is 1. The Labute approximate surface area is 116 Å². The van der Waals surface area contributed by atoms with Gasteiger partial charge in [0.1, 0.15) is 5.41 Å². The molecule has 0 aromatic heterocycles. The fraction of sp³-hybridized carbons (Fsp3) is 0.357. The summed E-state index contributed by atoms with van der Waals surface area (Å²) < 4.78 is 9.67. The number of ether oxygens (including phenoxy) is 2. The van der Waals surface area contributed by atoms with Crippen molar-refractivity contribution in [3.8, 4) is 0 Å². The van der Waals surface area contributed by atoms with Crippen LogP contribution >= 0.6 is 0 Å². The highest BCUT2D eigenvalue weighted by Crippen LogP contribution is 2.26. The normalized spacial score (nSPS) is 12.3. The van der Waals surface area contributed by atoms with Crippen molar-refractivity contribution in [3.05, 3.63) is 35.9 Å². The molecule has 20 heavy (non-hydrogen) atoms. The van der Waals surface area contributed by atoms with E-state index < -0.39 is 29.4 Å². The molecule has 2 N–H and O–H groups in total. The van der Waals surface area contributed by atoms with Crippen molar-refractivity contribution in [2.75, 3.05) is 7.11 Å². The lowest BCUT2D eigenvalue weighted by Gasteiger charge is -2.28. The molecule has 1 aromatic rings. The number of amides is 1. The molecule has 0 heterocycles. The molecule has 0 aliphatic rings. The second-order valence-electron chi connectivity index (χ2n) is 4.77. The summed E-state index contributed by atoms with van der Waals surface area (Å²) >= 11 is 0. The van der Waals surface area contributed by atoms with E-state index in [0.29, 0.717) is 0 Å². The van der Waals surface area contributed by atoms with E-state index in [1.54, 1.807) is 18.2 Å². The Morgan fingerprint density at radius 3 is 2.15 bits per heavy atom. The molecule has 108 valence electrons. The van der Waals surface area contributed by atoms with Crippen LogP contribution in [0.1, 0.15) is 24.2 Å². The maximum absolute atomic E-state index is 11.9. The lowest BCUT2D eigenvalue weighted by atomic mass is 9.86. The van der Waals surface area contributed by atoms with Gasteiger partial charge in [-0.15, -0.1) is 0 Å². The monoisotopic (exact) mass is 279 g/mol. The van der Waals surface area contributed by atoms with Gasteiger partial charge in [0.25, 0.3) is 5.91 Å². The third-order valence-electron chi connectivity index (χ3n) is 2.86. The van der Waals surface area contributed by atoms with Crippen LogP contribution in [0.15, 0.2) is 30.3 Å². The number of carbonyl (C=O) groups excluding carboxylic acids is 3. The molecule has 0 radical (unpaired) electrons. The predicted octanol–water partition coefficient (Wildman–Crippen LogP) is 0.896. The fourth-order valence-corrected chi connectivity index (χ4v) is 1.68. The van der Waals surface area contributed by atoms with Gasteiger partial charge >= 0.3 is 11.9 Å². The number of rotatable bonds is 5. The van der Waals surface area contributed by atoms with Gasteiger partial charge in [-0.05, 0) is 26.0 Å². The van der Waals surface area contributed by atoms with E-state index in [4.69, 9.17) is 10.5 Å². The van der Waals surface area contributed by atoms with Crippen LogP contribution in [0, 0.1) is 5.41 Å². The first kappa shape index (κ1) is 15.7. The van der Waals surface area contributed by atoms with E-state index >= 15 is 0 Å². The SMILES string of the molecule is COC(=O)C(C)(C)[C@@H](OC(=O)c1ccccc1)C(N)=O. The van der Waals surface area contributed by atoms with E-state index in [-0.39, 0.29) is 5.56 Å². The van der Waals surface area contributed by atoms with Crippen molar-refractivity contribution >= 4 is 17.8 Å². The molecule has 0 bridgehead atoms. The number of benzene rings is 1. The predicted molar refractivity (Wildman–Crippen MR) is 70.6 cm³/mol. The van der Waals surface area contributed by atoms with Gasteiger partial charge in [0.15, 0.2) is 6.10 Å². The van der Waals surface area contributed by atoms with E-state index in [1.165, 1.54) is 33.1 Å². The second-order valence-corrected chi connectivity index (χ2v) is 4.77. The zero-order chi connectivity index (χ0) is 15.3. The molecule has 0 aliphatic carbocycles. The van der Waals surface area contributed by atoms with Gasteiger partial charge in [-0.3, -0.25) is 9.59 Å². The zero-order valence-corrected chi connectivity index (χ0v) is 11.6. The first-order valence-electron chi connectivity index (χ1n) is 5.94. The largest absolute Gasteiger partial charge is 0.468 e. The summed E-state index contributed by atoms with van der Waals surface area (Å²) in [7, 11) is 1.18. The topological polar surface area (TPSA) is 95.7 Å². The summed E-state index contributed by atoms with van der Waals surface area (Å²) in [4.78, 5) is 35.1. The molecule has 0 saturated heterocycles. The van der Waals surface area contributed by atoms with Crippen molar-refractivity contribution in [1.82, 2.24) is 0 Å². The molecule has 1 rings (SSSR count). The van der Waals surface area contributed by atoms with Crippen LogP contribution in [-0.4, -0.2) is 31.1 Å².